The number of esters is 1. The van der Waals surface area contributed by atoms with E-state index in [0.29, 0.717) is 35.4 Å². The maximum atomic E-state index is 13.1. The number of rotatable bonds is 10. The van der Waals surface area contributed by atoms with E-state index in [1.807, 2.05) is 28.4 Å². The van der Waals surface area contributed by atoms with Crippen LogP contribution < -0.4 is 5.32 Å². The summed E-state index contributed by atoms with van der Waals surface area (Å²) in [5, 5.41) is 17.6. The molecule has 1 aliphatic carbocycles. The Bertz CT molecular complexity index is 1280. The first-order chi connectivity index (χ1) is 18.5. The van der Waals surface area contributed by atoms with Gasteiger partial charge in [-0.05, 0) is 64.0 Å². The summed E-state index contributed by atoms with van der Waals surface area (Å²) in [5.41, 5.74) is 2.52. The van der Waals surface area contributed by atoms with Crippen LogP contribution in [0.4, 0.5) is 5.00 Å². The molecule has 5 rings (SSSR count). The van der Waals surface area contributed by atoms with E-state index in [2.05, 4.69) is 20.6 Å². The van der Waals surface area contributed by atoms with Crippen molar-refractivity contribution in [3.05, 3.63) is 39.8 Å². The lowest BCUT2D eigenvalue weighted by Gasteiger charge is -2.14. The number of carbonyl (C=O) groups is 2. The van der Waals surface area contributed by atoms with E-state index >= 15 is 0 Å². The molecule has 1 fully saturated rings. The van der Waals surface area contributed by atoms with Crippen LogP contribution in [0, 0.1) is 6.92 Å². The molecule has 1 amide bonds. The number of carbonyl (C=O) groups excluding carboxylic acids is 2. The zero-order chi connectivity index (χ0) is 26.5. The highest BCUT2D eigenvalue weighted by Gasteiger charge is 2.27. The summed E-state index contributed by atoms with van der Waals surface area (Å²) in [6.07, 6.45) is 9.12. The molecule has 4 heterocycles. The molecule has 0 saturated carbocycles. The van der Waals surface area contributed by atoms with Gasteiger partial charge >= 0.3 is 5.97 Å². The molecule has 12 heteroatoms. The zero-order valence-electron chi connectivity index (χ0n) is 21.9. The fraction of sp³-hybridized carbons (Fsp3) is 0.577. The minimum absolute atomic E-state index is 0.103. The van der Waals surface area contributed by atoms with Crippen molar-refractivity contribution in [2.75, 3.05) is 24.3 Å². The Morgan fingerprint density at radius 1 is 1.24 bits per heavy atom. The second-order valence-corrected chi connectivity index (χ2v) is 11.7. The number of anilines is 1. The fourth-order valence-electron chi connectivity index (χ4n) is 4.96. The number of fused-ring (bicyclic) bond motifs is 1. The third-order valence-corrected chi connectivity index (χ3v) is 8.94. The van der Waals surface area contributed by atoms with Crippen molar-refractivity contribution in [3.63, 3.8) is 0 Å². The van der Waals surface area contributed by atoms with Gasteiger partial charge in [-0.25, -0.2) is 4.79 Å². The fourth-order valence-corrected chi connectivity index (χ4v) is 7.02. The van der Waals surface area contributed by atoms with Crippen molar-refractivity contribution in [3.8, 4) is 0 Å². The van der Waals surface area contributed by atoms with E-state index in [0.717, 1.165) is 68.6 Å². The second-order valence-electron chi connectivity index (χ2n) is 9.63. The zero-order valence-corrected chi connectivity index (χ0v) is 23.5. The Hall–Kier alpha value is -2.70. The summed E-state index contributed by atoms with van der Waals surface area (Å²) in [4.78, 5) is 27.1. The van der Waals surface area contributed by atoms with Crippen molar-refractivity contribution in [2.24, 2.45) is 0 Å². The van der Waals surface area contributed by atoms with Crippen LogP contribution >= 0.6 is 23.1 Å². The minimum Gasteiger partial charge on any atom is -0.462 e. The Kier molecular flexibility index (Phi) is 8.80. The van der Waals surface area contributed by atoms with E-state index in [9.17, 15) is 9.59 Å². The number of amides is 1. The minimum atomic E-state index is -0.357. The Morgan fingerprint density at radius 3 is 2.87 bits per heavy atom. The number of aryl methyl sites for hydroxylation is 2. The van der Waals surface area contributed by atoms with Gasteiger partial charge in [-0.2, -0.15) is 5.10 Å². The van der Waals surface area contributed by atoms with Crippen LogP contribution in [0.2, 0.25) is 0 Å². The van der Waals surface area contributed by atoms with Crippen molar-refractivity contribution in [1.82, 2.24) is 24.5 Å². The van der Waals surface area contributed by atoms with Crippen molar-refractivity contribution in [2.45, 2.75) is 83.1 Å². The van der Waals surface area contributed by atoms with Crippen molar-refractivity contribution >= 4 is 40.0 Å². The first kappa shape index (κ1) is 26.9. The summed E-state index contributed by atoms with van der Waals surface area (Å²) in [7, 11) is 0. The molecule has 10 nitrogen and oxygen atoms in total. The molecule has 1 atom stereocenters. The van der Waals surface area contributed by atoms with Crippen LogP contribution in [0.25, 0.3) is 0 Å². The van der Waals surface area contributed by atoms with Gasteiger partial charge in [-0.1, -0.05) is 18.2 Å². The SMILES string of the molecule is CCOC(=O)c1c(NC(=O)CSc2nnc(Cn3ccc(C)n3)n2C[C@@H]2CCCO2)sc2c1CCCCC2. The summed E-state index contributed by atoms with van der Waals surface area (Å²) >= 11 is 2.85. The predicted octanol–water partition coefficient (Wildman–Crippen LogP) is 4.25. The van der Waals surface area contributed by atoms with Crippen LogP contribution in [0.15, 0.2) is 17.4 Å². The molecule has 1 N–H and O–H groups in total. The average Bonchev–Trinajstić information content (AvgIpc) is 3.67. The lowest BCUT2D eigenvalue weighted by Crippen LogP contribution is -2.20. The van der Waals surface area contributed by atoms with E-state index in [-0.39, 0.29) is 23.7 Å². The lowest BCUT2D eigenvalue weighted by molar-refractivity contribution is -0.113. The highest BCUT2D eigenvalue weighted by Crippen LogP contribution is 2.38. The number of aromatic nitrogens is 5. The molecular formula is C26H34N6O4S2. The highest BCUT2D eigenvalue weighted by molar-refractivity contribution is 7.99. The second kappa shape index (κ2) is 12.4. The molecule has 0 spiro atoms. The summed E-state index contributed by atoms with van der Waals surface area (Å²) in [5.74, 6) is 0.380. The smallest absolute Gasteiger partial charge is 0.341 e. The predicted molar refractivity (Wildman–Crippen MR) is 146 cm³/mol. The van der Waals surface area contributed by atoms with Gasteiger partial charge in [0.05, 0.1) is 36.3 Å². The van der Waals surface area contributed by atoms with Gasteiger partial charge < -0.3 is 19.4 Å². The lowest BCUT2D eigenvalue weighted by atomic mass is 10.1. The normalized spacial score (nSPS) is 17.3. The maximum absolute atomic E-state index is 13.1. The standard InChI is InChI=1S/C26H34N6O4S2/c1-3-35-25(34)23-19-9-5-4-6-10-20(19)38-24(23)27-22(33)16-37-26-29-28-21(15-31-12-11-17(2)30-31)32(26)14-18-8-7-13-36-18/h11-12,18H,3-10,13-16H2,1-2H3,(H,27,33)/t18-/m0/s1. The Labute approximate surface area is 230 Å². The van der Waals surface area contributed by atoms with Gasteiger partial charge in [0.25, 0.3) is 0 Å². The summed E-state index contributed by atoms with van der Waals surface area (Å²) < 4.78 is 15.1. The molecule has 1 saturated heterocycles. The molecule has 3 aromatic heterocycles. The third-order valence-electron chi connectivity index (χ3n) is 6.77. The van der Waals surface area contributed by atoms with Gasteiger partial charge in [-0.15, -0.1) is 21.5 Å². The van der Waals surface area contributed by atoms with Gasteiger partial charge in [0.2, 0.25) is 5.91 Å². The number of nitrogens with one attached hydrogen (secondary N) is 1. The molecule has 0 unspecified atom stereocenters. The molecule has 0 radical (unpaired) electrons. The van der Waals surface area contributed by atoms with Crippen LogP contribution in [0.3, 0.4) is 0 Å². The van der Waals surface area contributed by atoms with Crippen molar-refractivity contribution < 1.29 is 19.1 Å². The molecule has 0 aromatic carbocycles. The van der Waals surface area contributed by atoms with E-state index in [1.54, 1.807) is 6.92 Å². The van der Waals surface area contributed by atoms with E-state index in [1.165, 1.54) is 28.0 Å². The maximum Gasteiger partial charge on any atom is 0.341 e. The molecule has 3 aromatic rings. The van der Waals surface area contributed by atoms with Gasteiger partial charge in [0.15, 0.2) is 11.0 Å². The Morgan fingerprint density at radius 2 is 2.11 bits per heavy atom. The highest BCUT2D eigenvalue weighted by atomic mass is 32.2. The monoisotopic (exact) mass is 558 g/mol. The molecule has 0 bridgehead atoms. The number of thiophene rings is 1. The van der Waals surface area contributed by atoms with Crippen LogP contribution in [-0.4, -0.2) is 61.5 Å². The number of ether oxygens (including phenoxy) is 2. The van der Waals surface area contributed by atoms with E-state index < -0.39 is 0 Å². The number of thioether (sulfide) groups is 1. The van der Waals surface area contributed by atoms with Gasteiger partial charge in [0.1, 0.15) is 11.5 Å². The van der Waals surface area contributed by atoms with E-state index in [4.69, 9.17) is 9.47 Å². The summed E-state index contributed by atoms with van der Waals surface area (Å²) in [6, 6.07) is 1.95. The summed E-state index contributed by atoms with van der Waals surface area (Å²) in [6.45, 7) is 5.94. The Balaban J connectivity index is 1.30. The molecule has 204 valence electrons. The third kappa shape index (κ3) is 6.29. The van der Waals surface area contributed by atoms with Crippen LogP contribution in [-0.2, 0) is 40.2 Å². The first-order valence-electron chi connectivity index (χ1n) is 13.3. The molecule has 1 aliphatic heterocycles. The number of hydrogen-bond acceptors (Lipinski definition) is 9. The topological polar surface area (TPSA) is 113 Å². The quantitative estimate of drug-likeness (QED) is 0.223. The molecule has 2 aliphatic rings. The first-order valence-corrected chi connectivity index (χ1v) is 15.1. The van der Waals surface area contributed by atoms with Crippen molar-refractivity contribution in [1.29, 1.82) is 0 Å². The molecule has 38 heavy (non-hydrogen) atoms. The van der Waals surface area contributed by atoms with Crippen LogP contribution in [0.1, 0.15) is 71.3 Å². The number of nitrogens with zero attached hydrogens (tertiary/aromatic N) is 5. The van der Waals surface area contributed by atoms with Gasteiger partial charge in [0, 0.05) is 17.7 Å². The molecular weight excluding hydrogens is 524 g/mol. The largest absolute Gasteiger partial charge is 0.462 e. The van der Waals surface area contributed by atoms with Gasteiger partial charge in [-0.3, -0.25) is 9.48 Å². The number of hydrogen-bond donors (Lipinski definition) is 1. The average molecular weight is 559 g/mol. The van der Waals surface area contributed by atoms with Crippen LogP contribution in [0.5, 0.6) is 0 Å².